The molecule has 0 bridgehead atoms. The fourth-order valence-corrected chi connectivity index (χ4v) is 1.32. The van der Waals surface area contributed by atoms with Crippen molar-refractivity contribution in [3.05, 3.63) is 0 Å². The lowest BCUT2D eigenvalue weighted by Gasteiger charge is -2.21. The van der Waals surface area contributed by atoms with Crippen LogP contribution in [0.5, 0.6) is 0 Å². The SMILES string of the molecule is CC1CN(C(=N)N)CCCN1. The fraction of sp³-hybridized carbons (Fsp3) is 0.857. The van der Waals surface area contributed by atoms with Gasteiger partial charge in [0, 0.05) is 19.1 Å². The molecule has 1 aliphatic heterocycles. The van der Waals surface area contributed by atoms with Crippen LogP contribution in [0.1, 0.15) is 13.3 Å². The second-order valence-corrected chi connectivity index (χ2v) is 3.04. The van der Waals surface area contributed by atoms with Crippen molar-refractivity contribution in [1.82, 2.24) is 10.2 Å². The van der Waals surface area contributed by atoms with Crippen molar-refractivity contribution < 1.29 is 0 Å². The number of hydrogen-bond acceptors (Lipinski definition) is 2. The van der Waals surface area contributed by atoms with Crippen molar-refractivity contribution in [3.8, 4) is 0 Å². The van der Waals surface area contributed by atoms with Crippen molar-refractivity contribution in [2.24, 2.45) is 5.73 Å². The molecule has 0 amide bonds. The molecule has 1 atom stereocenters. The number of nitrogens with two attached hydrogens (primary N) is 1. The van der Waals surface area contributed by atoms with E-state index >= 15 is 0 Å². The quantitative estimate of drug-likeness (QED) is 0.329. The highest BCUT2D eigenvalue weighted by Gasteiger charge is 2.13. The summed E-state index contributed by atoms with van der Waals surface area (Å²) in [7, 11) is 0. The van der Waals surface area contributed by atoms with Crippen molar-refractivity contribution in [2.75, 3.05) is 19.6 Å². The predicted octanol–water partition coefficient (Wildman–Crippen LogP) is -0.436. The van der Waals surface area contributed by atoms with Gasteiger partial charge in [-0.1, -0.05) is 0 Å². The molecule has 1 saturated heterocycles. The van der Waals surface area contributed by atoms with Gasteiger partial charge >= 0.3 is 0 Å². The summed E-state index contributed by atoms with van der Waals surface area (Å²) < 4.78 is 0. The molecular formula is C7H16N4. The van der Waals surface area contributed by atoms with Crippen LogP contribution in [0.15, 0.2) is 0 Å². The van der Waals surface area contributed by atoms with Gasteiger partial charge in [0.15, 0.2) is 5.96 Å². The van der Waals surface area contributed by atoms with E-state index in [1.165, 1.54) is 0 Å². The first-order valence-corrected chi connectivity index (χ1v) is 4.02. The Kier molecular flexibility index (Phi) is 2.70. The summed E-state index contributed by atoms with van der Waals surface area (Å²) in [6.45, 7) is 4.91. The summed E-state index contributed by atoms with van der Waals surface area (Å²) in [5, 5.41) is 10.6. The Bertz CT molecular complexity index is 145. The van der Waals surface area contributed by atoms with Crippen LogP contribution in [-0.2, 0) is 0 Å². The van der Waals surface area contributed by atoms with Gasteiger partial charge in [-0.2, -0.15) is 0 Å². The van der Waals surface area contributed by atoms with Crippen molar-refractivity contribution in [3.63, 3.8) is 0 Å². The van der Waals surface area contributed by atoms with E-state index in [0.29, 0.717) is 6.04 Å². The zero-order chi connectivity index (χ0) is 8.27. The van der Waals surface area contributed by atoms with Gasteiger partial charge in [-0.15, -0.1) is 0 Å². The van der Waals surface area contributed by atoms with E-state index in [9.17, 15) is 0 Å². The molecule has 0 aromatic heterocycles. The molecule has 4 N–H and O–H groups in total. The Labute approximate surface area is 67.3 Å². The van der Waals surface area contributed by atoms with E-state index in [1.807, 2.05) is 4.90 Å². The van der Waals surface area contributed by atoms with Crippen LogP contribution in [0.25, 0.3) is 0 Å². The van der Waals surface area contributed by atoms with Gasteiger partial charge in [0.05, 0.1) is 0 Å². The Hall–Kier alpha value is -0.770. The van der Waals surface area contributed by atoms with Gasteiger partial charge in [-0.25, -0.2) is 0 Å². The second kappa shape index (κ2) is 3.57. The van der Waals surface area contributed by atoms with Gasteiger partial charge in [0.25, 0.3) is 0 Å². The summed E-state index contributed by atoms with van der Waals surface area (Å²) in [6.07, 6.45) is 1.07. The van der Waals surface area contributed by atoms with Crippen LogP contribution in [0.2, 0.25) is 0 Å². The lowest BCUT2D eigenvalue weighted by atomic mass is 10.3. The Morgan fingerprint density at radius 1 is 1.73 bits per heavy atom. The molecule has 1 rings (SSSR count). The molecular weight excluding hydrogens is 140 g/mol. The van der Waals surface area contributed by atoms with Gasteiger partial charge in [0.2, 0.25) is 0 Å². The zero-order valence-corrected chi connectivity index (χ0v) is 6.93. The van der Waals surface area contributed by atoms with Crippen LogP contribution in [0, 0.1) is 5.41 Å². The van der Waals surface area contributed by atoms with E-state index in [0.717, 1.165) is 26.1 Å². The number of nitrogens with zero attached hydrogens (tertiary/aromatic N) is 1. The van der Waals surface area contributed by atoms with Crippen molar-refractivity contribution in [2.45, 2.75) is 19.4 Å². The van der Waals surface area contributed by atoms with Crippen molar-refractivity contribution >= 4 is 5.96 Å². The average Bonchev–Trinajstić information content (AvgIpc) is 2.13. The predicted molar refractivity (Wildman–Crippen MR) is 45.6 cm³/mol. The van der Waals surface area contributed by atoms with E-state index in [2.05, 4.69) is 12.2 Å². The van der Waals surface area contributed by atoms with Crippen LogP contribution in [-0.4, -0.2) is 36.5 Å². The molecule has 0 spiro atoms. The maximum Gasteiger partial charge on any atom is 0.188 e. The van der Waals surface area contributed by atoms with Crippen molar-refractivity contribution in [1.29, 1.82) is 5.41 Å². The van der Waals surface area contributed by atoms with Crippen LogP contribution in [0.4, 0.5) is 0 Å². The summed E-state index contributed by atoms with van der Waals surface area (Å²) in [6, 6.07) is 0.446. The average molecular weight is 156 g/mol. The molecule has 1 unspecified atom stereocenters. The maximum absolute atomic E-state index is 7.25. The van der Waals surface area contributed by atoms with Gasteiger partial charge < -0.3 is 16.0 Å². The minimum absolute atomic E-state index is 0.195. The summed E-state index contributed by atoms with van der Waals surface area (Å²) in [5.41, 5.74) is 5.38. The first kappa shape index (κ1) is 8.33. The Balaban J connectivity index is 2.45. The number of rotatable bonds is 0. The maximum atomic E-state index is 7.25. The number of guanidine groups is 1. The summed E-state index contributed by atoms with van der Waals surface area (Å²) >= 11 is 0. The van der Waals surface area contributed by atoms with Gasteiger partial charge in [0.1, 0.15) is 0 Å². The Morgan fingerprint density at radius 2 is 2.45 bits per heavy atom. The normalized spacial score (nSPS) is 26.3. The lowest BCUT2D eigenvalue weighted by molar-refractivity contribution is 0.402. The second-order valence-electron chi connectivity index (χ2n) is 3.04. The number of nitrogens with one attached hydrogen (secondary N) is 2. The third-order valence-electron chi connectivity index (χ3n) is 1.93. The highest BCUT2D eigenvalue weighted by molar-refractivity contribution is 5.74. The standard InChI is InChI=1S/C7H16N4/c1-6-5-11(7(8)9)4-2-3-10-6/h6,10H,2-5H2,1H3,(H3,8,9). The third-order valence-corrected chi connectivity index (χ3v) is 1.93. The molecule has 0 radical (unpaired) electrons. The fourth-order valence-electron chi connectivity index (χ4n) is 1.32. The summed E-state index contributed by atoms with van der Waals surface area (Å²) in [4.78, 5) is 1.91. The molecule has 4 nitrogen and oxygen atoms in total. The van der Waals surface area contributed by atoms with Gasteiger partial charge in [-0.05, 0) is 19.9 Å². The van der Waals surface area contributed by atoms with E-state index in [1.54, 1.807) is 0 Å². The molecule has 11 heavy (non-hydrogen) atoms. The van der Waals surface area contributed by atoms with E-state index < -0.39 is 0 Å². The van der Waals surface area contributed by atoms with E-state index in [4.69, 9.17) is 11.1 Å². The third kappa shape index (κ3) is 2.38. The number of hydrogen-bond donors (Lipinski definition) is 3. The summed E-state index contributed by atoms with van der Waals surface area (Å²) in [5.74, 6) is 0.195. The van der Waals surface area contributed by atoms with Crippen LogP contribution in [0.3, 0.4) is 0 Å². The Morgan fingerprint density at radius 3 is 3.09 bits per heavy atom. The van der Waals surface area contributed by atoms with E-state index in [-0.39, 0.29) is 5.96 Å². The molecule has 0 aromatic rings. The molecule has 0 aromatic carbocycles. The molecule has 0 saturated carbocycles. The van der Waals surface area contributed by atoms with Crippen LogP contribution < -0.4 is 11.1 Å². The first-order valence-electron chi connectivity index (χ1n) is 4.02. The molecule has 64 valence electrons. The molecule has 4 heteroatoms. The molecule has 1 heterocycles. The first-order chi connectivity index (χ1) is 5.20. The highest BCUT2D eigenvalue weighted by atomic mass is 15.2. The monoisotopic (exact) mass is 156 g/mol. The van der Waals surface area contributed by atoms with Gasteiger partial charge in [-0.3, -0.25) is 5.41 Å². The smallest absolute Gasteiger partial charge is 0.188 e. The minimum Gasteiger partial charge on any atom is -0.370 e. The lowest BCUT2D eigenvalue weighted by Crippen LogP contribution is -2.42. The largest absolute Gasteiger partial charge is 0.370 e. The minimum atomic E-state index is 0.195. The zero-order valence-electron chi connectivity index (χ0n) is 6.93. The molecule has 1 fully saturated rings. The molecule has 1 aliphatic rings. The highest BCUT2D eigenvalue weighted by Crippen LogP contribution is 1.98. The molecule has 0 aliphatic carbocycles. The topological polar surface area (TPSA) is 65.1 Å². The van der Waals surface area contributed by atoms with Crippen LogP contribution >= 0.6 is 0 Å².